The lowest BCUT2D eigenvalue weighted by atomic mass is 10.1. The van der Waals surface area contributed by atoms with Crippen LogP contribution in [0.2, 0.25) is 0 Å². The van der Waals surface area contributed by atoms with E-state index in [1.165, 1.54) is 12.1 Å². The third kappa shape index (κ3) is 1.24. The first-order valence-corrected chi connectivity index (χ1v) is 4.44. The Morgan fingerprint density at radius 1 is 1.54 bits per heavy atom. The third-order valence-electron chi connectivity index (χ3n) is 1.97. The fourth-order valence-electron chi connectivity index (χ4n) is 1.28. The van der Waals surface area contributed by atoms with Crippen LogP contribution in [0.4, 0.5) is 10.1 Å². The Labute approximate surface area is 82.2 Å². The van der Waals surface area contributed by atoms with Crippen LogP contribution in [0.5, 0.6) is 0 Å². The van der Waals surface area contributed by atoms with Crippen molar-refractivity contribution in [2.24, 2.45) is 5.73 Å². The standard InChI is InChI=1S/C8H6BrFN2O/c9-4-1-3-6(2-5(4)10)12-8(13)7(3)11/h1-2,7H,11H2,(H,12,13). The quantitative estimate of drug-likeness (QED) is 0.728. The van der Waals surface area contributed by atoms with Crippen molar-refractivity contribution in [3.8, 4) is 0 Å². The van der Waals surface area contributed by atoms with Crippen LogP contribution < -0.4 is 11.1 Å². The molecule has 3 nitrogen and oxygen atoms in total. The Balaban J connectivity index is 2.59. The topological polar surface area (TPSA) is 55.1 Å². The highest BCUT2D eigenvalue weighted by Gasteiger charge is 2.28. The van der Waals surface area contributed by atoms with Gasteiger partial charge in [0.25, 0.3) is 0 Å². The number of nitrogens with two attached hydrogens (primary N) is 1. The van der Waals surface area contributed by atoms with Crippen LogP contribution in [0.1, 0.15) is 11.6 Å². The molecule has 1 aliphatic heterocycles. The van der Waals surface area contributed by atoms with Crippen LogP contribution in [0.25, 0.3) is 0 Å². The molecule has 1 aromatic rings. The van der Waals surface area contributed by atoms with Gasteiger partial charge >= 0.3 is 0 Å². The van der Waals surface area contributed by atoms with E-state index in [0.717, 1.165) is 0 Å². The molecule has 1 unspecified atom stereocenters. The first-order chi connectivity index (χ1) is 6.09. The predicted molar refractivity (Wildman–Crippen MR) is 49.7 cm³/mol. The highest BCUT2D eigenvalue weighted by Crippen LogP contribution is 2.33. The first-order valence-electron chi connectivity index (χ1n) is 3.65. The normalized spacial score (nSPS) is 19.9. The van der Waals surface area contributed by atoms with Crippen molar-refractivity contribution in [3.63, 3.8) is 0 Å². The molecule has 1 atom stereocenters. The monoisotopic (exact) mass is 244 g/mol. The molecule has 0 fully saturated rings. The lowest BCUT2D eigenvalue weighted by Crippen LogP contribution is -2.19. The number of hydrogen-bond acceptors (Lipinski definition) is 2. The van der Waals surface area contributed by atoms with Crippen LogP contribution in [0.15, 0.2) is 16.6 Å². The predicted octanol–water partition coefficient (Wildman–Crippen LogP) is 1.54. The van der Waals surface area contributed by atoms with E-state index in [4.69, 9.17) is 5.73 Å². The lowest BCUT2D eigenvalue weighted by Gasteiger charge is -2.02. The van der Waals surface area contributed by atoms with Crippen LogP contribution in [-0.4, -0.2) is 5.91 Å². The van der Waals surface area contributed by atoms with Crippen LogP contribution >= 0.6 is 15.9 Å². The van der Waals surface area contributed by atoms with Gasteiger partial charge in [0.15, 0.2) is 0 Å². The molecule has 68 valence electrons. The second-order valence-electron chi connectivity index (χ2n) is 2.82. The summed E-state index contributed by atoms with van der Waals surface area (Å²) in [5.41, 5.74) is 6.63. The Morgan fingerprint density at radius 2 is 2.23 bits per heavy atom. The van der Waals surface area contributed by atoms with Gasteiger partial charge in [-0.3, -0.25) is 4.79 Å². The van der Waals surface area contributed by atoms with Crippen molar-refractivity contribution in [1.29, 1.82) is 0 Å². The van der Waals surface area contributed by atoms with Gasteiger partial charge in [-0.05, 0) is 28.1 Å². The van der Waals surface area contributed by atoms with Crippen LogP contribution in [0.3, 0.4) is 0 Å². The second kappa shape index (κ2) is 2.78. The minimum absolute atomic E-state index is 0.299. The number of nitrogens with one attached hydrogen (secondary N) is 1. The molecule has 1 aromatic carbocycles. The minimum atomic E-state index is -0.688. The summed E-state index contributed by atoms with van der Waals surface area (Å²) in [4.78, 5) is 11.1. The Kier molecular flexibility index (Phi) is 1.85. The first kappa shape index (κ1) is 8.65. The number of fused-ring (bicyclic) bond motifs is 1. The summed E-state index contributed by atoms with van der Waals surface area (Å²) >= 11 is 3.03. The van der Waals surface area contributed by atoms with E-state index < -0.39 is 11.9 Å². The van der Waals surface area contributed by atoms with E-state index in [0.29, 0.717) is 15.7 Å². The average molecular weight is 245 g/mol. The summed E-state index contributed by atoms with van der Waals surface area (Å²) in [6.07, 6.45) is 0. The number of rotatable bonds is 0. The zero-order chi connectivity index (χ0) is 9.59. The zero-order valence-corrected chi connectivity index (χ0v) is 8.06. The fraction of sp³-hybridized carbons (Fsp3) is 0.125. The summed E-state index contributed by atoms with van der Waals surface area (Å²) in [5, 5.41) is 2.49. The zero-order valence-electron chi connectivity index (χ0n) is 6.47. The molecule has 2 rings (SSSR count). The van der Waals surface area contributed by atoms with E-state index in [2.05, 4.69) is 21.2 Å². The molecule has 0 saturated heterocycles. The summed E-state index contributed by atoms with van der Waals surface area (Å²) in [7, 11) is 0. The maximum Gasteiger partial charge on any atom is 0.245 e. The second-order valence-corrected chi connectivity index (χ2v) is 3.67. The molecule has 1 amide bonds. The molecular formula is C8H6BrFN2O. The van der Waals surface area contributed by atoms with Gasteiger partial charge in [0.1, 0.15) is 11.9 Å². The van der Waals surface area contributed by atoms with E-state index in [-0.39, 0.29) is 5.91 Å². The Morgan fingerprint density at radius 3 is 2.92 bits per heavy atom. The largest absolute Gasteiger partial charge is 0.324 e. The van der Waals surface area contributed by atoms with Gasteiger partial charge in [-0.1, -0.05) is 0 Å². The Bertz CT molecular complexity index is 394. The number of amides is 1. The maximum absolute atomic E-state index is 13.0. The number of carbonyl (C=O) groups excluding carboxylic acids is 1. The van der Waals surface area contributed by atoms with E-state index >= 15 is 0 Å². The molecule has 5 heteroatoms. The average Bonchev–Trinajstić information content (AvgIpc) is 2.32. The molecular weight excluding hydrogens is 239 g/mol. The number of carbonyl (C=O) groups is 1. The summed E-state index contributed by atoms with van der Waals surface area (Å²) < 4.78 is 13.3. The molecule has 3 N–H and O–H groups in total. The molecule has 0 aromatic heterocycles. The highest BCUT2D eigenvalue weighted by molar-refractivity contribution is 9.10. The van der Waals surface area contributed by atoms with Crippen LogP contribution in [-0.2, 0) is 4.79 Å². The molecule has 0 radical (unpaired) electrons. The van der Waals surface area contributed by atoms with Crippen molar-refractivity contribution in [1.82, 2.24) is 0 Å². The SMILES string of the molecule is NC1C(=O)Nc2cc(F)c(Br)cc21. The van der Waals surface area contributed by atoms with Crippen molar-refractivity contribution >= 4 is 27.5 Å². The van der Waals surface area contributed by atoms with Gasteiger partial charge in [0.05, 0.1) is 4.47 Å². The van der Waals surface area contributed by atoms with Gasteiger partial charge in [0, 0.05) is 11.3 Å². The maximum atomic E-state index is 13.0. The van der Waals surface area contributed by atoms with Crippen molar-refractivity contribution in [2.45, 2.75) is 6.04 Å². The number of hydrogen-bond donors (Lipinski definition) is 2. The summed E-state index contributed by atoms with van der Waals surface area (Å²) in [6, 6.07) is 2.09. The number of benzene rings is 1. The molecule has 0 spiro atoms. The van der Waals surface area contributed by atoms with Gasteiger partial charge in [-0.2, -0.15) is 0 Å². The van der Waals surface area contributed by atoms with Gasteiger partial charge in [-0.25, -0.2) is 4.39 Å². The van der Waals surface area contributed by atoms with Crippen molar-refractivity contribution in [2.75, 3.05) is 5.32 Å². The van der Waals surface area contributed by atoms with Crippen molar-refractivity contribution < 1.29 is 9.18 Å². The lowest BCUT2D eigenvalue weighted by molar-refractivity contribution is -0.116. The summed E-state index contributed by atoms with van der Waals surface area (Å²) in [5.74, 6) is -0.708. The fourth-order valence-corrected chi connectivity index (χ4v) is 1.64. The van der Waals surface area contributed by atoms with Crippen molar-refractivity contribution in [3.05, 3.63) is 28.0 Å². The molecule has 1 heterocycles. The molecule has 0 saturated carbocycles. The van der Waals surface area contributed by atoms with Gasteiger partial charge < -0.3 is 11.1 Å². The highest BCUT2D eigenvalue weighted by atomic mass is 79.9. The van der Waals surface area contributed by atoms with Gasteiger partial charge in [0.2, 0.25) is 5.91 Å². The molecule has 0 aliphatic carbocycles. The van der Waals surface area contributed by atoms with Crippen LogP contribution in [0, 0.1) is 5.82 Å². The third-order valence-corrected chi connectivity index (χ3v) is 2.58. The van der Waals surface area contributed by atoms with E-state index in [1.807, 2.05) is 0 Å². The summed E-state index contributed by atoms with van der Waals surface area (Å²) in [6.45, 7) is 0. The smallest absolute Gasteiger partial charge is 0.245 e. The molecule has 1 aliphatic rings. The minimum Gasteiger partial charge on any atom is -0.324 e. The van der Waals surface area contributed by atoms with E-state index in [1.54, 1.807) is 0 Å². The van der Waals surface area contributed by atoms with Gasteiger partial charge in [-0.15, -0.1) is 0 Å². The Hall–Kier alpha value is -0.940. The van der Waals surface area contributed by atoms with E-state index in [9.17, 15) is 9.18 Å². The number of halogens is 2. The molecule has 0 bridgehead atoms. The molecule has 13 heavy (non-hydrogen) atoms. The number of anilines is 1.